The van der Waals surface area contributed by atoms with Crippen LogP contribution < -0.4 is 4.74 Å². The molecule has 5 heteroatoms. The molecule has 1 saturated carbocycles. The van der Waals surface area contributed by atoms with Crippen LogP contribution >= 0.6 is 15.9 Å². The van der Waals surface area contributed by atoms with Crippen molar-refractivity contribution in [2.75, 3.05) is 6.61 Å². The Bertz CT molecular complexity index is 647. The van der Waals surface area contributed by atoms with Crippen molar-refractivity contribution in [2.45, 2.75) is 57.5 Å². The van der Waals surface area contributed by atoms with Crippen LogP contribution in [0.3, 0.4) is 0 Å². The van der Waals surface area contributed by atoms with Crippen molar-refractivity contribution in [3.63, 3.8) is 0 Å². The molecule has 1 heterocycles. The van der Waals surface area contributed by atoms with Gasteiger partial charge in [-0.25, -0.2) is 0 Å². The maximum absolute atomic E-state index is 13.0. The summed E-state index contributed by atoms with van der Waals surface area (Å²) in [4.78, 5) is 25.5. The fourth-order valence-corrected chi connectivity index (χ4v) is 3.93. The SMILES string of the molecule is CCOc1cc(Br)c(C)cc1C1C(=O)OC2(CCCCC2)C1=O. The molecule has 2 aliphatic rings. The van der Waals surface area contributed by atoms with E-state index in [1.807, 2.05) is 26.0 Å². The van der Waals surface area contributed by atoms with E-state index in [1.54, 1.807) is 0 Å². The first-order chi connectivity index (χ1) is 11.0. The van der Waals surface area contributed by atoms with Gasteiger partial charge in [0, 0.05) is 10.0 Å². The van der Waals surface area contributed by atoms with E-state index >= 15 is 0 Å². The molecule has 0 N–H and O–H groups in total. The Morgan fingerprint density at radius 2 is 1.96 bits per heavy atom. The maximum atomic E-state index is 13.0. The number of carbonyl (C=O) groups excluding carboxylic acids is 2. The number of esters is 1. The van der Waals surface area contributed by atoms with Gasteiger partial charge in [-0.05, 0) is 57.2 Å². The molecule has 1 atom stereocenters. The average molecular weight is 381 g/mol. The van der Waals surface area contributed by atoms with E-state index in [9.17, 15) is 9.59 Å². The first-order valence-electron chi connectivity index (χ1n) is 8.18. The molecule has 1 aliphatic heterocycles. The van der Waals surface area contributed by atoms with Crippen LogP contribution in [0, 0.1) is 6.92 Å². The molecule has 4 nitrogen and oxygen atoms in total. The summed E-state index contributed by atoms with van der Waals surface area (Å²) in [6.45, 7) is 4.29. The summed E-state index contributed by atoms with van der Waals surface area (Å²) >= 11 is 3.48. The summed E-state index contributed by atoms with van der Waals surface area (Å²) < 4.78 is 12.2. The average Bonchev–Trinajstić information content (AvgIpc) is 2.75. The van der Waals surface area contributed by atoms with Crippen LogP contribution in [0.25, 0.3) is 0 Å². The summed E-state index contributed by atoms with van der Waals surface area (Å²) in [5.74, 6) is -0.806. The van der Waals surface area contributed by atoms with Crippen molar-refractivity contribution in [3.05, 3.63) is 27.7 Å². The van der Waals surface area contributed by atoms with Gasteiger partial charge in [-0.2, -0.15) is 0 Å². The molecule has 1 aliphatic carbocycles. The van der Waals surface area contributed by atoms with E-state index in [2.05, 4.69) is 15.9 Å². The monoisotopic (exact) mass is 380 g/mol. The molecule has 3 rings (SSSR count). The van der Waals surface area contributed by atoms with Crippen LogP contribution in [0.1, 0.15) is 56.1 Å². The fraction of sp³-hybridized carbons (Fsp3) is 0.556. The third kappa shape index (κ3) is 2.80. The van der Waals surface area contributed by atoms with E-state index in [0.717, 1.165) is 29.3 Å². The van der Waals surface area contributed by atoms with Gasteiger partial charge in [0.15, 0.2) is 11.4 Å². The molecule has 1 unspecified atom stereocenters. The molecule has 1 saturated heterocycles. The number of ether oxygens (including phenoxy) is 2. The van der Waals surface area contributed by atoms with Crippen molar-refractivity contribution in [2.24, 2.45) is 0 Å². The number of hydrogen-bond acceptors (Lipinski definition) is 4. The van der Waals surface area contributed by atoms with Crippen LogP contribution in [0.2, 0.25) is 0 Å². The molecule has 1 spiro atoms. The van der Waals surface area contributed by atoms with Crippen molar-refractivity contribution < 1.29 is 19.1 Å². The summed E-state index contributed by atoms with van der Waals surface area (Å²) in [5.41, 5.74) is 0.698. The van der Waals surface area contributed by atoms with E-state index in [4.69, 9.17) is 9.47 Å². The molecule has 0 bridgehead atoms. The molecule has 1 aromatic rings. The van der Waals surface area contributed by atoms with E-state index in [-0.39, 0.29) is 5.78 Å². The topological polar surface area (TPSA) is 52.6 Å². The lowest BCUT2D eigenvalue weighted by molar-refractivity contribution is -0.154. The number of benzene rings is 1. The highest BCUT2D eigenvalue weighted by molar-refractivity contribution is 9.10. The second kappa shape index (κ2) is 6.27. The van der Waals surface area contributed by atoms with Gasteiger partial charge in [-0.1, -0.05) is 22.4 Å². The second-order valence-electron chi connectivity index (χ2n) is 6.35. The zero-order valence-electron chi connectivity index (χ0n) is 13.5. The Hall–Kier alpha value is -1.36. The first kappa shape index (κ1) is 16.5. The number of ketones is 1. The predicted octanol–water partition coefficient (Wildman–Crippen LogP) is 4.07. The Labute approximate surface area is 144 Å². The number of carbonyl (C=O) groups is 2. The molecule has 0 amide bonds. The highest BCUT2D eigenvalue weighted by atomic mass is 79.9. The Morgan fingerprint density at radius 3 is 2.61 bits per heavy atom. The van der Waals surface area contributed by atoms with Gasteiger partial charge in [0.2, 0.25) is 0 Å². The van der Waals surface area contributed by atoms with Crippen molar-refractivity contribution in [1.82, 2.24) is 0 Å². The summed E-state index contributed by atoms with van der Waals surface area (Å²) in [5, 5.41) is 0. The van der Waals surface area contributed by atoms with Gasteiger partial charge >= 0.3 is 5.97 Å². The minimum absolute atomic E-state index is 0.0927. The lowest BCUT2D eigenvalue weighted by atomic mass is 9.78. The third-order valence-electron chi connectivity index (χ3n) is 4.81. The van der Waals surface area contributed by atoms with Gasteiger partial charge in [0.05, 0.1) is 6.61 Å². The van der Waals surface area contributed by atoms with Gasteiger partial charge in [-0.15, -0.1) is 0 Å². The standard InChI is InChI=1S/C18H21BrO4/c1-3-22-14-10-13(19)11(2)9-12(14)15-16(20)18(23-17(15)21)7-5-4-6-8-18/h9-10,15H,3-8H2,1-2H3. The third-order valence-corrected chi connectivity index (χ3v) is 5.66. The number of hydrogen-bond donors (Lipinski definition) is 0. The van der Waals surface area contributed by atoms with Crippen LogP contribution in [-0.4, -0.2) is 24.0 Å². The highest BCUT2D eigenvalue weighted by Crippen LogP contribution is 2.45. The fourth-order valence-electron chi connectivity index (χ4n) is 3.60. The molecular formula is C18H21BrO4. The number of rotatable bonds is 3. The van der Waals surface area contributed by atoms with Crippen molar-refractivity contribution >= 4 is 27.7 Å². The van der Waals surface area contributed by atoms with Gasteiger partial charge < -0.3 is 9.47 Å². The first-order valence-corrected chi connectivity index (χ1v) is 8.98. The predicted molar refractivity (Wildman–Crippen MR) is 89.7 cm³/mol. The van der Waals surface area contributed by atoms with E-state index < -0.39 is 17.5 Å². The largest absolute Gasteiger partial charge is 0.494 e. The normalized spacial score (nSPS) is 23.2. The maximum Gasteiger partial charge on any atom is 0.322 e. The van der Waals surface area contributed by atoms with Crippen LogP contribution in [0.15, 0.2) is 16.6 Å². The summed E-state index contributed by atoms with van der Waals surface area (Å²) in [7, 11) is 0. The van der Waals surface area contributed by atoms with Crippen molar-refractivity contribution in [1.29, 1.82) is 0 Å². The van der Waals surface area contributed by atoms with Gasteiger partial charge in [0.1, 0.15) is 11.7 Å². The quantitative estimate of drug-likeness (QED) is 0.585. The van der Waals surface area contributed by atoms with E-state index in [0.29, 0.717) is 30.8 Å². The number of aryl methyl sites for hydroxylation is 1. The molecule has 2 fully saturated rings. The summed E-state index contributed by atoms with van der Waals surface area (Å²) in [6, 6.07) is 3.70. The van der Waals surface area contributed by atoms with Crippen molar-refractivity contribution in [3.8, 4) is 5.75 Å². The van der Waals surface area contributed by atoms with Crippen LogP contribution in [0.5, 0.6) is 5.75 Å². The molecule has 23 heavy (non-hydrogen) atoms. The molecular weight excluding hydrogens is 360 g/mol. The molecule has 1 aromatic carbocycles. The molecule has 0 aromatic heterocycles. The Morgan fingerprint density at radius 1 is 1.26 bits per heavy atom. The van der Waals surface area contributed by atoms with Crippen LogP contribution in [-0.2, 0) is 14.3 Å². The zero-order valence-corrected chi connectivity index (χ0v) is 15.1. The Balaban J connectivity index is 2.02. The number of Topliss-reactive ketones (excluding diaryl/α,β-unsaturated/α-hetero) is 1. The minimum Gasteiger partial charge on any atom is -0.494 e. The zero-order chi connectivity index (χ0) is 16.6. The lowest BCUT2D eigenvalue weighted by Gasteiger charge is -2.29. The smallest absolute Gasteiger partial charge is 0.322 e. The van der Waals surface area contributed by atoms with E-state index in [1.165, 1.54) is 0 Å². The molecule has 124 valence electrons. The highest BCUT2D eigenvalue weighted by Gasteiger charge is 2.56. The summed E-state index contributed by atoms with van der Waals surface area (Å²) in [6.07, 6.45) is 4.26. The minimum atomic E-state index is -0.898. The number of halogens is 1. The Kier molecular flexibility index (Phi) is 4.50. The molecule has 0 radical (unpaired) electrons. The van der Waals surface area contributed by atoms with Gasteiger partial charge in [-0.3, -0.25) is 9.59 Å². The second-order valence-corrected chi connectivity index (χ2v) is 7.20. The van der Waals surface area contributed by atoms with Gasteiger partial charge in [0.25, 0.3) is 0 Å². The van der Waals surface area contributed by atoms with Crippen LogP contribution in [0.4, 0.5) is 0 Å². The lowest BCUT2D eigenvalue weighted by Crippen LogP contribution is -2.39.